The van der Waals surface area contributed by atoms with Gasteiger partial charge in [0, 0.05) is 17.1 Å². The van der Waals surface area contributed by atoms with Crippen LogP contribution in [-0.2, 0) is 6.54 Å². The minimum atomic E-state index is -0.252. The molecule has 0 spiro atoms. The zero-order valence-corrected chi connectivity index (χ0v) is 10.7. The van der Waals surface area contributed by atoms with Gasteiger partial charge >= 0.3 is 0 Å². The van der Waals surface area contributed by atoms with E-state index < -0.39 is 0 Å². The average molecular weight is 266 g/mol. The number of nitrogens with two attached hydrogens (primary N) is 1. The lowest BCUT2D eigenvalue weighted by atomic mass is 10.2. The van der Waals surface area contributed by atoms with Crippen LogP contribution in [0.4, 0.5) is 4.39 Å². The Balaban J connectivity index is 2.30. The minimum Gasteiger partial charge on any atom is -0.457 e. The lowest BCUT2D eigenvalue weighted by Crippen LogP contribution is -1.99. The third kappa shape index (κ3) is 2.81. The molecule has 0 bridgehead atoms. The predicted molar refractivity (Wildman–Crippen MR) is 70.6 cm³/mol. The third-order valence-corrected chi connectivity index (χ3v) is 2.83. The van der Waals surface area contributed by atoms with Gasteiger partial charge < -0.3 is 10.5 Å². The Morgan fingerprint density at radius 2 is 2.00 bits per heavy atom. The van der Waals surface area contributed by atoms with E-state index in [9.17, 15) is 4.39 Å². The number of aryl methyl sites for hydroxylation is 1. The highest BCUT2D eigenvalue weighted by Crippen LogP contribution is 2.28. The molecule has 0 atom stereocenters. The Bertz CT molecular complexity index is 572. The van der Waals surface area contributed by atoms with E-state index >= 15 is 0 Å². The Morgan fingerprint density at radius 3 is 2.67 bits per heavy atom. The van der Waals surface area contributed by atoms with Crippen molar-refractivity contribution >= 4 is 11.6 Å². The molecular weight excluding hydrogens is 253 g/mol. The molecule has 2 aromatic carbocycles. The molecule has 2 nitrogen and oxygen atoms in total. The molecule has 4 heteroatoms. The first-order valence-corrected chi connectivity index (χ1v) is 5.90. The standard InChI is InChI=1S/C14H13ClFNO/c1-9-6-12(3-4-13(9)16)18-14-5-2-11(15)7-10(14)8-17/h2-7H,8,17H2,1H3. The zero-order chi connectivity index (χ0) is 13.1. The van der Waals surface area contributed by atoms with Crippen molar-refractivity contribution in [2.45, 2.75) is 13.5 Å². The van der Waals surface area contributed by atoms with E-state index in [0.717, 1.165) is 5.56 Å². The second-order valence-electron chi connectivity index (χ2n) is 3.97. The predicted octanol–water partition coefficient (Wildman–Crippen LogP) is 4.04. The highest BCUT2D eigenvalue weighted by molar-refractivity contribution is 6.30. The van der Waals surface area contributed by atoms with Crippen LogP contribution in [0.25, 0.3) is 0 Å². The van der Waals surface area contributed by atoms with E-state index in [-0.39, 0.29) is 5.82 Å². The third-order valence-electron chi connectivity index (χ3n) is 2.60. The molecule has 0 amide bonds. The molecule has 0 heterocycles. The van der Waals surface area contributed by atoms with Crippen molar-refractivity contribution in [2.75, 3.05) is 0 Å². The van der Waals surface area contributed by atoms with Gasteiger partial charge in [0.15, 0.2) is 0 Å². The molecule has 2 N–H and O–H groups in total. The Morgan fingerprint density at radius 1 is 1.22 bits per heavy atom. The van der Waals surface area contributed by atoms with Crippen molar-refractivity contribution in [3.8, 4) is 11.5 Å². The fraction of sp³-hybridized carbons (Fsp3) is 0.143. The van der Waals surface area contributed by atoms with Crippen molar-refractivity contribution in [1.82, 2.24) is 0 Å². The monoisotopic (exact) mass is 265 g/mol. The van der Waals surface area contributed by atoms with E-state index in [1.165, 1.54) is 6.07 Å². The Hall–Kier alpha value is -1.58. The van der Waals surface area contributed by atoms with Gasteiger partial charge in [-0.3, -0.25) is 0 Å². The van der Waals surface area contributed by atoms with Gasteiger partial charge in [0.2, 0.25) is 0 Å². The number of hydrogen-bond donors (Lipinski definition) is 1. The van der Waals surface area contributed by atoms with Crippen LogP contribution in [0.3, 0.4) is 0 Å². The smallest absolute Gasteiger partial charge is 0.132 e. The molecule has 18 heavy (non-hydrogen) atoms. The summed E-state index contributed by atoms with van der Waals surface area (Å²) in [5.74, 6) is 0.955. The molecule has 0 fully saturated rings. The Kier molecular flexibility index (Phi) is 3.84. The number of halogens is 2. The number of rotatable bonds is 3. The maximum absolute atomic E-state index is 13.1. The van der Waals surface area contributed by atoms with Gasteiger partial charge in [0.25, 0.3) is 0 Å². The maximum Gasteiger partial charge on any atom is 0.132 e. The second kappa shape index (κ2) is 5.38. The lowest BCUT2D eigenvalue weighted by molar-refractivity contribution is 0.473. The normalized spacial score (nSPS) is 10.4. The molecule has 2 rings (SSSR count). The quantitative estimate of drug-likeness (QED) is 0.909. The minimum absolute atomic E-state index is 0.252. The van der Waals surface area contributed by atoms with Gasteiger partial charge in [-0.25, -0.2) is 4.39 Å². The van der Waals surface area contributed by atoms with E-state index in [4.69, 9.17) is 22.1 Å². The first-order valence-electron chi connectivity index (χ1n) is 5.52. The summed E-state index contributed by atoms with van der Waals surface area (Å²) in [4.78, 5) is 0. The highest BCUT2D eigenvalue weighted by atomic mass is 35.5. The largest absolute Gasteiger partial charge is 0.457 e. The van der Waals surface area contributed by atoms with Crippen LogP contribution in [0.1, 0.15) is 11.1 Å². The lowest BCUT2D eigenvalue weighted by Gasteiger charge is -2.11. The van der Waals surface area contributed by atoms with Crippen molar-refractivity contribution in [3.05, 3.63) is 58.4 Å². The SMILES string of the molecule is Cc1cc(Oc2ccc(Cl)cc2CN)ccc1F. The molecule has 0 aliphatic heterocycles. The topological polar surface area (TPSA) is 35.2 Å². The zero-order valence-electron chi connectivity index (χ0n) is 9.91. The summed E-state index contributed by atoms with van der Waals surface area (Å²) in [5, 5.41) is 0.609. The van der Waals surface area contributed by atoms with Crippen molar-refractivity contribution in [3.63, 3.8) is 0 Å². The van der Waals surface area contributed by atoms with Gasteiger partial charge in [-0.1, -0.05) is 11.6 Å². The molecule has 0 aliphatic rings. The van der Waals surface area contributed by atoms with Crippen LogP contribution in [-0.4, -0.2) is 0 Å². The molecule has 0 aliphatic carbocycles. The van der Waals surface area contributed by atoms with E-state index in [1.54, 1.807) is 37.3 Å². The molecule has 0 radical (unpaired) electrons. The van der Waals surface area contributed by atoms with Crippen molar-refractivity contribution in [1.29, 1.82) is 0 Å². The molecule has 0 unspecified atom stereocenters. The van der Waals surface area contributed by atoms with E-state index in [2.05, 4.69) is 0 Å². The average Bonchev–Trinajstić information content (AvgIpc) is 2.36. The molecule has 0 saturated carbocycles. The Labute approximate surface area is 110 Å². The summed E-state index contributed by atoms with van der Waals surface area (Å²) in [6.07, 6.45) is 0. The molecule has 0 aromatic heterocycles. The van der Waals surface area contributed by atoms with Gasteiger partial charge in [0.1, 0.15) is 17.3 Å². The summed E-state index contributed by atoms with van der Waals surface area (Å²) in [7, 11) is 0. The van der Waals surface area contributed by atoms with Gasteiger partial charge in [0.05, 0.1) is 0 Å². The van der Waals surface area contributed by atoms with Crippen LogP contribution in [0, 0.1) is 12.7 Å². The fourth-order valence-electron chi connectivity index (χ4n) is 1.61. The van der Waals surface area contributed by atoms with Gasteiger partial charge in [-0.05, 0) is 48.9 Å². The van der Waals surface area contributed by atoms with E-state index in [1.807, 2.05) is 0 Å². The van der Waals surface area contributed by atoms with Gasteiger partial charge in [-0.2, -0.15) is 0 Å². The fourth-order valence-corrected chi connectivity index (χ4v) is 1.81. The first kappa shape index (κ1) is 12.9. The summed E-state index contributed by atoms with van der Waals surface area (Å²) in [5.41, 5.74) is 6.98. The first-order chi connectivity index (χ1) is 8.60. The van der Waals surface area contributed by atoms with Crippen LogP contribution < -0.4 is 10.5 Å². The molecule has 2 aromatic rings. The number of ether oxygens (including phenoxy) is 1. The summed E-state index contributed by atoms with van der Waals surface area (Å²) >= 11 is 5.88. The number of benzene rings is 2. The van der Waals surface area contributed by atoms with Crippen molar-refractivity contribution < 1.29 is 9.13 Å². The maximum atomic E-state index is 13.1. The summed E-state index contributed by atoms with van der Waals surface area (Å²) in [6, 6.07) is 9.84. The van der Waals surface area contributed by atoms with Crippen LogP contribution in [0.5, 0.6) is 11.5 Å². The van der Waals surface area contributed by atoms with E-state index in [0.29, 0.717) is 28.6 Å². The molecule has 94 valence electrons. The van der Waals surface area contributed by atoms with Gasteiger partial charge in [-0.15, -0.1) is 0 Å². The molecule has 0 saturated heterocycles. The second-order valence-corrected chi connectivity index (χ2v) is 4.41. The molecular formula is C14H13ClFNO. The van der Waals surface area contributed by atoms with Crippen molar-refractivity contribution in [2.24, 2.45) is 5.73 Å². The van der Waals surface area contributed by atoms with Crippen LogP contribution in [0.15, 0.2) is 36.4 Å². The van der Waals surface area contributed by atoms with Crippen LogP contribution in [0.2, 0.25) is 5.02 Å². The summed E-state index contributed by atoms with van der Waals surface area (Å²) in [6.45, 7) is 2.02. The number of hydrogen-bond acceptors (Lipinski definition) is 2. The summed E-state index contributed by atoms with van der Waals surface area (Å²) < 4.78 is 18.8. The van der Waals surface area contributed by atoms with Crippen LogP contribution >= 0.6 is 11.6 Å². The highest BCUT2D eigenvalue weighted by Gasteiger charge is 2.06.